The van der Waals surface area contributed by atoms with Gasteiger partial charge < -0.3 is 9.88 Å². The minimum atomic E-state index is -0.0239. The summed E-state index contributed by atoms with van der Waals surface area (Å²) in [4.78, 5) is 17.3. The lowest BCUT2D eigenvalue weighted by Crippen LogP contribution is -2.26. The number of hydrogen-bond acceptors (Lipinski definition) is 3. The summed E-state index contributed by atoms with van der Waals surface area (Å²) in [6.07, 6.45) is 10.7. The third kappa shape index (κ3) is 3.17. The van der Waals surface area contributed by atoms with Crippen LogP contribution in [0.3, 0.4) is 0 Å². The van der Waals surface area contributed by atoms with E-state index in [1.54, 1.807) is 4.68 Å². The molecule has 1 aliphatic carbocycles. The summed E-state index contributed by atoms with van der Waals surface area (Å²) >= 11 is 0. The zero-order chi connectivity index (χ0) is 19.1. The number of amides is 1. The second-order valence-electron chi connectivity index (χ2n) is 7.18. The Balaban J connectivity index is 1.44. The van der Waals surface area contributed by atoms with E-state index in [1.807, 2.05) is 62.2 Å². The van der Waals surface area contributed by atoms with Crippen molar-refractivity contribution in [3.8, 4) is 11.1 Å². The van der Waals surface area contributed by atoms with Crippen molar-refractivity contribution in [1.29, 1.82) is 0 Å². The van der Waals surface area contributed by atoms with Crippen LogP contribution in [0.2, 0.25) is 0 Å². The number of nitrogens with one attached hydrogen (secondary N) is 1. The van der Waals surface area contributed by atoms with E-state index in [4.69, 9.17) is 0 Å². The van der Waals surface area contributed by atoms with Gasteiger partial charge in [-0.3, -0.25) is 14.5 Å². The molecular formula is C22H20N5O. The van der Waals surface area contributed by atoms with Crippen LogP contribution in [0.1, 0.15) is 22.5 Å². The molecule has 5 rings (SSSR count). The number of fused-ring (bicyclic) bond motifs is 1. The molecule has 1 saturated carbocycles. The van der Waals surface area contributed by atoms with E-state index in [9.17, 15) is 4.79 Å². The van der Waals surface area contributed by atoms with Crippen LogP contribution in [0.4, 0.5) is 0 Å². The Bertz CT molecular complexity index is 1150. The minimum Gasteiger partial charge on any atom is -0.349 e. The van der Waals surface area contributed by atoms with Gasteiger partial charge in [-0.15, -0.1) is 0 Å². The number of carbonyl (C=O) groups is 1. The summed E-state index contributed by atoms with van der Waals surface area (Å²) in [7, 11) is 1.90. The van der Waals surface area contributed by atoms with Crippen LogP contribution in [0.5, 0.6) is 0 Å². The van der Waals surface area contributed by atoms with E-state index in [1.165, 1.54) is 0 Å². The maximum absolute atomic E-state index is 12.6. The topological polar surface area (TPSA) is 64.7 Å². The van der Waals surface area contributed by atoms with Gasteiger partial charge in [0.25, 0.3) is 5.91 Å². The molecule has 1 amide bonds. The minimum absolute atomic E-state index is 0.0239. The number of para-hydroxylation sites is 1. The number of aromatic nitrogens is 4. The van der Waals surface area contributed by atoms with E-state index >= 15 is 0 Å². The molecule has 1 radical (unpaired) electrons. The highest BCUT2D eigenvalue weighted by Gasteiger charge is 2.25. The van der Waals surface area contributed by atoms with E-state index in [0.717, 1.165) is 34.1 Å². The molecule has 1 atom stereocenters. The van der Waals surface area contributed by atoms with Gasteiger partial charge in [0.15, 0.2) is 0 Å². The summed E-state index contributed by atoms with van der Waals surface area (Å²) in [5, 5.41) is 8.30. The average Bonchev–Trinajstić information content (AvgIpc) is 3.26. The third-order valence-electron chi connectivity index (χ3n) is 5.02. The van der Waals surface area contributed by atoms with Crippen LogP contribution in [-0.2, 0) is 13.6 Å². The molecule has 139 valence electrons. The van der Waals surface area contributed by atoms with Crippen molar-refractivity contribution >= 4 is 16.8 Å². The van der Waals surface area contributed by atoms with Gasteiger partial charge in [0.2, 0.25) is 0 Å². The molecular weight excluding hydrogens is 350 g/mol. The number of pyridine rings is 1. The molecule has 28 heavy (non-hydrogen) atoms. The van der Waals surface area contributed by atoms with Crippen molar-refractivity contribution in [1.82, 2.24) is 24.6 Å². The molecule has 1 N–H and O–H groups in total. The zero-order valence-electron chi connectivity index (χ0n) is 15.5. The Morgan fingerprint density at radius 1 is 1.18 bits per heavy atom. The molecule has 1 fully saturated rings. The molecule has 1 aromatic carbocycles. The maximum atomic E-state index is 12.6. The zero-order valence-corrected chi connectivity index (χ0v) is 15.5. The number of rotatable bonds is 5. The average molecular weight is 370 g/mol. The molecule has 3 aromatic heterocycles. The largest absolute Gasteiger partial charge is 0.349 e. The standard InChI is InChI=1S/C22H20N5O/c1-26-13-17(12-24-26)16-5-6-19(23-11-16)14-27-10-9-15-3-2-4-20(21(15)27)22(28)25-18-7-8-18/h2-7,9-13,18H,8,14H2,1H3,(H,25,28). The Morgan fingerprint density at radius 2 is 2.07 bits per heavy atom. The first-order valence-corrected chi connectivity index (χ1v) is 9.33. The van der Waals surface area contributed by atoms with E-state index in [2.05, 4.69) is 32.5 Å². The summed E-state index contributed by atoms with van der Waals surface area (Å²) in [5.41, 5.74) is 4.67. The fourth-order valence-electron chi connectivity index (χ4n) is 3.44. The Hall–Kier alpha value is -3.41. The van der Waals surface area contributed by atoms with Crippen molar-refractivity contribution < 1.29 is 4.79 Å². The predicted octanol–water partition coefficient (Wildman–Crippen LogP) is 3.19. The summed E-state index contributed by atoms with van der Waals surface area (Å²) in [6.45, 7) is 0.608. The maximum Gasteiger partial charge on any atom is 0.253 e. The predicted molar refractivity (Wildman–Crippen MR) is 108 cm³/mol. The Labute approximate surface area is 162 Å². The highest BCUT2D eigenvalue weighted by atomic mass is 16.1. The fourth-order valence-corrected chi connectivity index (χ4v) is 3.44. The quantitative estimate of drug-likeness (QED) is 0.587. The van der Waals surface area contributed by atoms with E-state index in [0.29, 0.717) is 12.1 Å². The van der Waals surface area contributed by atoms with Gasteiger partial charge in [-0.1, -0.05) is 18.2 Å². The normalized spacial score (nSPS) is 13.8. The lowest BCUT2D eigenvalue weighted by atomic mass is 10.1. The molecule has 0 bridgehead atoms. The first-order chi connectivity index (χ1) is 13.7. The smallest absolute Gasteiger partial charge is 0.253 e. The summed E-state index contributed by atoms with van der Waals surface area (Å²) in [6, 6.07) is 12.2. The first kappa shape index (κ1) is 16.7. The lowest BCUT2D eigenvalue weighted by molar-refractivity contribution is 0.0953. The molecule has 0 spiro atoms. The molecule has 0 saturated heterocycles. The SMILES string of the molecule is Cn1cc(-c2ccc(Cn3ccc4cccc(C(=O)NC5[CH]C5)c43)nc2)cn1. The van der Waals surface area contributed by atoms with Gasteiger partial charge in [0.1, 0.15) is 0 Å². The highest BCUT2D eigenvalue weighted by Crippen LogP contribution is 2.24. The second kappa shape index (κ2) is 6.64. The Morgan fingerprint density at radius 3 is 2.79 bits per heavy atom. The van der Waals surface area contributed by atoms with Crippen LogP contribution in [0.25, 0.3) is 22.0 Å². The van der Waals surface area contributed by atoms with Crippen LogP contribution >= 0.6 is 0 Å². The van der Waals surface area contributed by atoms with Crippen molar-refractivity contribution in [2.24, 2.45) is 7.05 Å². The van der Waals surface area contributed by atoms with Gasteiger partial charge in [-0.2, -0.15) is 5.10 Å². The number of hydrogen-bond donors (Lipinski definition) is 1. The molecule has 1 unspecified atom stereocenters. The van der Waals surface area contributed by atoms with Crippen molar-refractivity contribution in [3.05, 3.63) is 78.9 Å². The van der Waals surface area contributed by atoms with Crippen molar-refractivity contribution in [3.63, 3.8) is 0 Å². The molecule has 4 aromatic rings. The van der Waals surface area contributed by atoms with Crippen molar-refractivity contribution in [2.75, 3.05) is 0 Å². The molecule has 3 heterocycles. The van der Waals surface area contributed by atoms with Crippen LogP contribution < -0.4 is 5.32 Å². The van der Waals surface area contributed by atoms with Crippen LogP contribution in [-0.4, -0.2) is 31.3 Å². The van der Waals surface area contributed by atoms with E-state index in [-0.39, 0.29) is 11.9 Å². The lowest BCUT2D eigenvalue weighted by Gasteiger charge is -2.10. The fraction of sp³-hybridized carbons (Fsp3) is 0.182. The summed E-state index contributed by atoms with van der Waals surface area (Å²) < 4.78 is 3.87. The molecule has 6 heteroatoms. The number of aryl methyl sites for hydroxylation is 1. The van der Waals surface area contributed by atoms with Gasteiger partial charge in [-0.05, 0) is 31.0 Å². The van der Waals surface area contributed by atoms with Crippen LogP contribution in [0, 0.1) is 6.42 Å². The van der Waals surface area contributed by atoms with Crippen LogP contribution in [0.15, 0.2) is 61.2 Å². The van der Waals surface area contributed by atoms with Gasteiger partial charge >= 0.3 is 0 Å². The Kier molecular flexibility index (Phi) is 3.97. The van der Waals surface area contributed by atoms with Gasteiger partial charge in [-0.25, -0.2) is 0 Å². The molecule has 1 aliphatic rings. The third-order valence-corrected chi connectivity index (χ3v) is 5.02. The monoisotopic (exact) mass is 370 g/mol. The van der Waals surface area contributed by atoms with Crippen molar-refractivity contribution in [2.45, 2.75) is 19.0 Å². The highest BCUT2D eigenvalue weighted by molar-refractivity contribution is 6.06. The number of carbonyl (C=O) groups excluding carboxylic acids is 1. The molecule has 0 aliphatic heterocycles. The van der Waals surface area contributed by atoms with Gasteiger partial charge in [0.05, 0.1) is 29.5 Å². The number of nitrogens with zero attached hydrogens (tertiary/aromatic N) is 4. The molecule has 6 nitrogen and oxygen atoms in total. The summed E-state index contributed by atoms with van der Waals surface area (Å²) in [5.74, 6) is -0.0239. The number of benzene rings is 1. The van der Waals surface area contributed by atoms with Gasteiger partial charge in [0, 0.05) is 48.2 Å². The first-order valence-electron chi connectivity index (χ1n) is 9.33. The second-order valence-corrected chi connectivity index (χ2v) is 7.18. The van der Waals surface area contributed by atoms with E-state index < -0.39 is 0 Å².